The summed E-state index contributed by atoms with van der Waals surface area (Å²) in [4.78, 5) is 16.9. The number of hydrogen-bond acceptors (Lipinski definition) is 4. The van der Waals surface area contributed by atoms with E-state index in [2.05, 4.69) is 5.16 Å². The Morgan fingerprint density at radius 2 is 2.33 bits per heavy atom. The molecule has 0 atom stereocenters. The van der Waals surface area contributed by atoms with Gasteiger partial charge in [0.1, 0.15) is 5.76 Å². The van der Waals surface area contributed by atoms with Crippen LogP contribution in [0.4, 0.5) is 0 Å². The summed E-state index contributed by atoms with van der Waals surface area (Å²) in [7, 11) is 0. The predicted octanol–water partition coefficient (Wildman–Crippen LogP) is 0.998. The van der Waals surface area contributed by atoms with Gasteiger partial charge in [-0.05, 0) is 20.3 Å². The maximum atomic E-state index is 11.7. The highest BCUT2D eigenvalue weighted by Crippen LogP contribution is 2.15. The van der Waals surface area contributed by atoms with E-state index in [0.29, 0.717) is 25.3 Å². The number of carbonyl (C=O) groups is 1. The molecule has 82 valence electrons. The van der Waals surface area contributed by atoms with E-state index in [1.807, 2.05) is 13.8 Å². The van der Waals surface area contributed by atoms with Crippen molar-refractivity contribution in [2.45, 2.75) is 26.7 Å². The summed E-state index contributed by atoms with van der Waals surface area (Å²) in [6.45, 7) is 4.97. The Morgan fingerprint density at radius 1 is 1.53 bits per heavy atom. The number of nitrogens with zero attached hydrogens (tertiary/aromatic N) is 2. The lowest BCUT2D eigenvalue weighted by molar-refractivity contribution is -0.167. The minimum atomic E-state index is -0.0260. The number of aromatic nitrogens is 1. The summed E-state index contributed by atoms with van der Waals surface area (Å²) in [5, 5.41) is 5.23. The molecule has 5 nitrogen and oxygen atoms in total. The van der Waals surface area contributed by atoms with Gasteiger partial charge in [-0.2, -0.15) is 0 Å². The largest absolute Gasteiger partial charge is 0.361 e. The van der Waals surface area contributed by atoms with Crippen molar-refractivity contribution in [2.75, 3.05) is 13.2 Å². The van der Waals surface area contributed by atoms with Crippen molar-refractivity contribution < 1.29 is 14.2 Å². The van der Waals surface area contributed by atoms with Gasteiger partial charge in [-0.3, -0.25) is 9.63 Å². The van der Waals surface area contributed by atoms with E-state index in [0.717, 1.165) is 17.7 Å². The first-order valence-electron chi connectivity index (χ1n) is 5.03. The second-order valence-corrected chi connectivity index (χ2v) is 3.66. The van der Waals surface area contributed by atoms with Gasteiger partial charge in [0.15, 0.2) is 0 Å². The third kappa shape index (κ3) is 2.02. The minimum absolute atomic E-state index is 0.0260. The first-order valence-corrected chi connectivity index (χ1v) is 5.03. The zero-order valence-corrected chi connectivity index (χ0v) is 8.95. The fourth-order valence-corrected chi connectivity index (χ4v) is 1.64. The standard InChI is InChI=1S/C10H14N2O3/c1-7-9(8(2)15-11-7)6-10(13)12-4-3-5-14-12/h3-6H2,1-2H3. The third-order valence-corrected chi connectivity index (χ3v) is 2.54. The van der Waals surface area contributed by atoms with E-state index in [1.165, 1.54) is 5.06 Å². The van der Waals surface area contributed by atoms with E-state index >= 15 is 0 Å². The highest BCUT2D eigenvalue weighted by atomic mass is 16.7. The lowest BCUT2D eigenvalue weighted by Crippen LogP contribution is -2.28. The Hall–Kier alpha value is -1.36. The van der Waals surface area contributed by atoms with Gasteiger partial charge >= 0.3 is 0 Å². The van der Waals surface area contributed by atoms with Crippen LogP contribution in [-0.2, 0) is 16.1 Å². The number of aryl methyl sites for hydroxylation is 2. The van der Waals surface area contributed by atoms with E-state index in [1.54, 1.807) is 0 Å². The van der Waals surface area contributed by atoms with Crippen LogP contribution < -0.4 is 0 Å². The molecule has 1 fully saturated rings. The molecular weight excluding hydrogens is 196 g/mol. The molecule has 5 heteroatoms. The van der Waals surface area contributed by atoms with Crippen LogP contribution in [0.15, 0.2) is 4.52 Å². The van der Waals surface area contributed by atoms with Gasteiger partial charge in [0, 0.05) is 5.56 Å². The van der Waals surface area contributed by atoms with Crippen molar-refractivity contribution in [3.05, 3.63) is 17.0 Å². The molecule has 2 rings (SSSR count). The van der Waals surface area contributed by atoms with E-state index in [9.17, 15) is 4.79 Å². The maximum Gasteiger partial charge on any atom is 0.250 e. The number of hydrogen-bond donors (Lipinski definition) is 0. The molecule has 1 aromatic heterocycles. The molecule has 1 aromatic rings. The Labute approximate surface area is 87.9 Å². The lowest BCUT2D eigenvalue weighted by atomic mass is 10.1. The average Bonchev–Trinajstić information content (AvgIpc) is 2.82. The number of hydroxylamine groups is 2. The summed E-state index contributed by atoms with van der Waals surface area (Å²) in [6.07, 6.45) is 1.22. The van der Waals surface area contributed by atoms with Crippen LogP contribution in [0.25, 0.3) is 0 Å². The maximum absolute atomic E-state index is 11.7. The quantitative estimate of drug-likeness (QED) is 0.730. The highest BCUT2D eigenvalue weighted by Gasteiger charge is 2.22. The summed E-state index contributed by atoms with van der Waals surface area (Å²) in [5.41, 5.74) is 1.65. The summed E-state index contributed by atoms with van der Waals surface area (Å²) in [6, 6.07) is 0. The van der Waals surface area contributed by atoms with Gasteiger partial charge in [-0.25, -0.2) is 5.06 Å². The topological polar surface area (TPSA) is 55.6 Å². The van der Waals surface area contributed by atoms with Crippen LogP contribution in [0, 0.1) is 13.8 Å². The molecule has 1 saturated heterocycles. The monoisotopic (exact) mass is 210 g/mol. The van der Waals surface area contributed by atoms with Gasteiger partial charge in [-0.15, -0.1) is 0 Å². The molecule has 15 heavy (non-hydrogen) atoms. The fourth-order valence-electron chi connectivity index (χ4n) is 1.64. The Balaban J connectivity index is 2.05. The van der Waals surface area contributed by atoms with E-state index < -0.39 is 0 Å². The molecule has 0 aliphatic carbocycles. The van der Waals surface area contributed by atoms with Crippen molar-refractivity contribution in [3.63, 3.8) is 0 Å². The summed E-state index contributed by atoms with van der Waals surface area (Å²) >= 11 is 0. The van der Waals surface area contributed by atoms with Crippen LogP contribution in [-0.4, -0.2) is 29.3 Å². The van der Waals surface area contributed by atoms with E-state index in [-0.39, 0.29) is 5.91 Å². The normalized spacial score (nSPS) is 16.0. The smallest absolute Gasteiger partial charge is 0.250 e. The van der Waals surface area contributed by atoms with Gasteiger partial charge in [0.25, 0.3) is 5.91 Å². The predicted molar refractivity (Wildman–Crippen MR) is 52.0 cm³/mol. The molecule has 0 aromatic carbocycles. The molecule has 1 aliphatic heterocycles. The van der Waals surface area contributed by atoms with Crippen LogP contribution in [0.3, 0.4) is 0 Å². The first-order chi connectivity index (χ1) is 7.18. The van der Waals surface area contributed by atoms with Gasteiger partial charge < -0.3 is 4.52 Å². The molecule has 2 heterocycles. The SMILES string of the molecule is Cc1noc(C)c1CC(=O)N1CCCO1. The van der Waals surface area contributed by atoms with Gasteiger partial charge in [-0.1, -0.05) is 5.16 Å². The lowest BCUT2D eigenvalue weighted by Gasteiger charge is -2.13. The third-order valence-electron chi connectivity index (χ3n) is 2.54. The molecule has 0 unspecified atom stereocenters. The number of rotatable bonds is 2. The zero-order chi connectivity index (χ0) is 10.8. The zero-order valence-electron chi connectivity index (χ0n) is 8.95. The molecule has 1 amide bonds. The van der Waals surface area contributed by atoms with Crippen molar-refractivity contribution in [2.24, 2.45) is 0 Å². The van der Waals surface area contributed by atoms with Crippen molar-refractivity contribution in [1.82, 2.24) is 10.2 Å². The number of carbonyl (C=O) groups excluding carboxylic acids is 1. The minimum Gasteiger partial charge on any atom is -0.361 e. The van der Waals surface area contributed by atoms with Crippen LogP contribution in [0.2, 0.25) is 0 Å². The molecule has 0 radical (unpaired) electrons. The highest BCUT2D eigenvalue weighted by molar-refractivity contribution is 5.78. The van der Waals surface area contributed by atoms with Crippen LogP contribution in [0.1, 0.15) is 23.4 Å². The van der Waals surface area contributed by atoms with Crippen molar-refractivity contribution in [3.8, 4) is 0 Å². The van der Waals surface area contributed by atoms with Gasteiger partial charge in [0.2, 0.25) is 0 Å². The van der Waals surface area contributed by atoms with Crippen LogP contribution in [0.5, 0.6) is 0 Å². The number of amides is 1. The second-order valence-electron chi connectivity index (χ2n) is 3.66. The van der Waals surface area contributed by atoms with Gasteiger partial charge in [0.05, 0.1) is 25.3 Å². The molecule has 0 saturated carbocycles. The Morgan fingerprint density at radius 3 is 2.87 bits per heavy atom. The molecule has 0 bridgehead atoms. The summed E-state index contributed by atoms with van der Waals surface area (Å²) in [5.74, 6) is 0.682. The molecular formula is C10H14N2O3. The fraction of sp³-hybridized carbons (Fsp3) is 0.600. The Kier molecular flexibility index (Phi) is 2.73. The van der Waals surface area contributed by atoms with Crippen LogP contribution >= 0.6 is 0 Å². The van der Waals surface area contributed by atoms with Crippen molar-refractivity contribution >= 4 is 5.91 Å². The molecule has 0 N–H and O–H groups in total. The average molecular weight is 210 g/mol. The summed E-state index contributed by atoms with van der Waals surface area (Å²) < 4.78 is 5.00. The second kappa shape index (κ2) is 4.02. The molecule has 0 spiro atoms. The van der Waals surface area contributed by atoms with Crippen molar-refractivity contribution in [1.29, 1.82) is 0 Å². The first kappa shape index (κ1) is 10.2. The van der Waals surface area contributed by atoms with E-state index in [4.69, 9.17) is 9.36 Å². The molecule has 1 aliphatic rings. The Bertz CT molecular complexity index is 347.